The highest BCUT2D eigenvalue weighted by Gasteiger charge is 2.44. The summed E-state index contributed by atoms with van der Waals surface area (Å²) in [6, 6.07) is 5.18. The van der Waals surface area contributed by atoms with Crippen LogP contribution in [0.1, 0.15) is 42.0 Å². The third-order valence-electron chi connectivity index (χ3n) is 7.67. The number of hydrogen-bond donors (Lipinski definition) is 4. The molecule has 1 aromatic carbocycles. The van der Waals surface area contributed by atoms with Gasteiger partial charge in [0.15, 0.2) is 0 Å². The van der Waals surface area contributed by atoms with Crippen molar-refractivity contribution in [3.8, 4) is 0 Å². The Morgan fingerprint density at radius 3 is 2.04 bits per heavy atom. The van der Waals surface area contributed by atoms with E-state index in [4.69, 9.17) is 23.0 Å². The number of non-ortho nitro benzene ring substituents is 1. The van der Waals surface area contributed by atoms with Crippen LogP contribution in [0.25, 0.3) is 0 Å². The Labute approximate surface area is 264 Å². The van der Waals surface area contributed by atoms with E-state index >= 15 is 0 Å². The number of aryl methyl sites for hydroxylation is 2. The minimum atomic E-state index is -4.63. The van der Waals surface area contributed by atoms with Gasteiger partial charge in [0.05, 0.1) is 30.8 Å². The number of aliphatic hydroxyl groups is 2. The quantitative estimate of drug-likeness (QED) is 0.114. The summed E-state index contributed by atoms with van der Waals surface area (Å²) >= 11 is 0. The molecule has 2 aromatic heterocycles. The molecule has 0 bridgehead atoms. The molecule has 1 unspecified atom stereocenters. The number of aliphatic hydroxyl groups excluding tert-OH is 2. The van der Waals surface area contributed by atoms with Gasteiger partial charge in [-0.3, -0.25) is 52.4 Å². The van der Waals surface area contributed by atoms with Gasteiger partial charge in [0.25, 0.3) is 16.8 Å². The monoisotopic (exact) mass is 681 g/mol. The summed E-state index contributed by atoms with van der Waals surface area (Å²) in [5.74, 6) is 0. The Balaban J connectivity index is 1.34. The number of hydrogen-bond acceptors (Lipinski definition) is 14. The van der Waals surface area contributed by atoms with Crippen molar-refractivity contribution >= 4 is 13.5 Å². The maximum Gasteiger partial charge on any atom is 0.475 e. The van der Waals surface area contributed by atoms with E-state index in [1.54, 1.807) is 0 Å². The maximum atomic E-state index is 14.1. The number of aromatic nitrogens is 4. The number of aromatic amines is 2. The first-order chi connectivity index (χ1) is 22.3. The highest BCUT2D eigenvalue weighted by atomic mass is 31.2. The summed E-state index contributed by atoms with van der Waals surface area (Å²) in [6.45, 7) is 1.37. The molecule has 0 saturated carbocycles. The van der Waals surface area contributed by atoms with E-state index in [0.29, 0.717) is 5.56 Å². The van der Waals surface area contributed by atoms with Crippen LogP contribution >= 0.6 is 7.82 Å². The molecule has 0 aliphatic carbocycles. The molecule has 2 fully saturated rings. The van der Waals surface area contributed by atoms with E-state index in [1.165, 1.54) is 50.5 Å². The molecule has 20 heteroatoms. The van der Waals surface area contributed by atoms with Gasteiger partial charge in [0, 0.05) is 48.5 Å². The minimum Gasteiger partial charge on any atom is -0.394 e. The fourth-order valence-corrected chi connectivity index (χ4v) is 6.46. The van der Waals surface area contributed by atoms with Crippen LogP contribution < -0.4 is 22.5 Å². The molecule has 0 spiro atoms. The first kappa shape index (κ1) is 34.3. The molecular weight excluding hydrogens is 649 g/mol. The van der Waals surface area contributed by atoms with Crippen LogP contribution in [0.15, 0.2) is 55.8 Å². The molecule has 7 atom stereocenters. The second-order valence-electron chi connectivity index (χ2n) is 11.0. The highest BCUT2D eigenvalue weighted by molar-refractivity contribution is 7.48. The van der Waals surface area contributed by atoms with Gasteiger partial charge >= 0.3 is 19.2 Å². The average molecular weight is 682 g/mol. The van der Waals surface area contributed by atoms with Gasteiger partial charge in [-0.2, -0.15) is 0 Å². The van der Waals surface area contributed by atoms with Crippen LogP contribution in [0, 0.1) is 24.0 Å². The van der Waals surface area contributed by atoms with Crippen molar-refractivity contribution in [2.24, 2.45) is 0 Å². The van der Waals surface area contributed by atoms with Crippen molar-refractivity contribution in [1.82, 2.24) is 19.1 Å². The third-order valence-corrected chi connectivity index (χ3v) is 9.11. The van der Waals surface area contributed by atoms with Crippen LogP contribution in [-0.2, 0) is 34.2 Å². The zero-order chi connectivity index (χ0) is 34.0. The largest absolute Gasteiger partial charge is 0.475 e. The summed E-state index contributed by atoms with van der Waals surface area (Å²) in [4.78, 5) is 63.1. The molecule has 2 aliphatic rings. The number of H-pyrrole nitrogens is 2. The number of ether oxygens (including phenoxy) is 2. The van der Waals surface area contributed by atoms with Gasteiger partial charge in [-0.25, -0.2) is 14.2 Å². The second kappa shape index (κ2) is 14.0. The summed E-state index contributed by atoms with van der Waals surface area (Å²) < 4.78 is 44.8. The Kier molecular flexibility index (Phi) is 10.2. The lowest BCUT2D eigenvalue weighted by Crippen LogP contribution is -2.33. The van der Waals surface area contributed by atoms with Crippen molar-refractivity contribution in [2.75, 3.05) is 13.2 Å². The van der Waals surface area contributed by atoms with Gasteiger partial charge in [-0.05, 0) is 31.5 Å². The van der Waals surface area contributed by atoms with E-state index < -0.39 is 91.9 Å². The van der Waals surface area contributed by atoms with E-state index in [0.717, 1.165) is 9.13 Å². The number of rotatable bonds is 12. The van der Waals surface area contributed by atoms with Crippen molar-refractivity contribution < 1.29 is 42.7 Å². The molecule has 0 radical (unpaired) electrons. The van der Waals surface area contributed by atoms with Gasteiger partial charge in [-0.15, -0.1) is 0 Å². The van der Waals surface area contributed by atoms with Crippen LogP contribution in [0.4, 0.5) is 5.69 Å². The molecule has 3 aromatic rings. The number of nitro benzene ring substituents is 1. The van der Waals surface area contributed by atoms with Gasteiger partial charge in [-0.1, -0.05) is 0 Å². The third kappa shape index (κ3) is 7.74. The van der Waals surface area contributed by atoms with Crippen molar-refractivity contribution in [3.63, 3.8) is 0 Å². The first-order valence-electron chi connectivity index (χ1n) is 14.3. The summed E-state index contributed by atoms with van der Waals surface area (Å²) in [5.41, 5.74) is -2.09. The summed E-state index contributed by atoms with van der Waals surface area (Å²) in [5, 5.41) is 31.7. The Morgan fingerprint density at radius 1 is 0.936 bits per heavy atom. The topological polar surface area (TPSA) is 257 Å². The molecule has 0 amide bonds. The molecule has 47 heavy (non-hydrogen) atoms. The smallest absolute Gasteiger partial charge is 0.394 e. The normalized spacial score (nSPS) is 25.5. The minimum absolute atomic E-state index is 0.0771. The van der Waals surface area contributed by atoms with E-state index in [2.05, 4.69) is 9.97 Å². The first-order valence-corrected chi connectivity index (χ1v) is 15.8. The van der Waals surface area contributed by atoms with E-state index in [-0.39, 0.29) is 29.7 Å². The number of nitrogens with one attached hydrogen (secondary N) is 2. The van der Waals surface area contributed by atoms with Gasteiger partial charge in [0.1, 0.15) is 30.8 Å². The van der Waals surface area contributed by atoms with Crippen LogP contribution in [0.5, 0.6) is 0 Å². The fraction of sp³-hybridized carbons (Fsp3) is 0.481. The lowest BCUT2D eigenvalue weighted by Gasteiger charge is -2.25. The molecule has 2 saturated heterocycles. The molecular formula is C27H32N5O14P. The lowest BCUT2D eigenvalue weighted by molar-refractivity contribution is -0.384. The average Bonchev–Trinajstić information content (AvgIpc) is 3.61. The number of nitro groups is 1. The maximum absolute atomic E-state index is 14.1. The van der Waals surface area contributed by atoms with E-state index in [1.807, 2.05) is 0 Å². The molecule has 19 nitrogen and oxygen atoms in total. The molecule has 5 rings (SSSR count). The van der Waals surface area contributed by atoms with Crippen LogP contribution in [0.2, 0.25) is 0 Å². The summed E-state index contributed by atoms with van der Waals surface area (Å²) in [7, 11) is -4.63. The standard InChI is InChI=1S/C27H32N5O14P/c1-14-9-30(26(37)28-24(14)35)22-7-18(34)21(45-22)13-43-47(41,42-12-16-3-5-17(6-4-16)32(39)40)46-19-8-23(44-20(19)11-33)31-10-15(2)25(36)29-27(31)38/h3-6,9-10,18-23,33-34H,7-8,11-13H2,1-2H3,(H,28,35,37)(H,29,36,38)/t18-,19-,20+,21+,22+,23+,47?/m0/s1. The lowest BCUT2D eigenvalue weighted by atomic mass is 10.2. The Morgan fingerprint density at radius 2 is 1.49 bits per heavy atom. The number of phosphoric acid groups is 1. The zero-order valence-electron chi connectivity index (χ0n) is 25.0. The second-order valence-corrected chi connectivity index (χ2v) is 12.6. The fourth-order valence-electron chi connectivity index (χ4n) is 5.08. The predicted molar refractivity (Wildman–Crippen MR) is 159 cm³/mol. The number of benzene rings is 1. The Hall–Kier alpha value is -4.07. The molecule has 4 heterocycles. The van der Waals surface area contributed by atoms with Crippen molar-refractivity contribution in [2.45, 2.75) is 70.2 Å². The van der Waals surface area contributed by atoms with Gasteiger partial charge < -0.3 is 19.7 Å². The zero-order valence-corrected chi connectivity index (χ0v) is 25.9. The highest BCUT2D eigenvalue weighted by Crippen LogP contribution is 2.54. The van der Waals surface area contributed by atoms with Crippen LogP contribution in [-0.4, -0.2) is 71.9 Å². The van der Waals surface area contributed by atoms with Gasteiger partial charge in [0.2, 0.25) is 0 Å². The van der Waals surface area contributed by atoms with Crippen LogP contribution in [0.3, 0.4) is 0 Å². The predicted octanol–water partition coefficient (Wildman–Crippen LogP) is 0.267. The molecule has 4 N–H and O–H groups in total. The Bertz CT molecular complexity index is 1900. The van der Waals surface area contributed by atoms with Crippen molar-refractivity contribution in [3.05, 3.63) is 105 Å². The van der Waals surface area contributed by atoms with E-state index in [9.17, 15) is 44.1 Å². The number of phosphoric ester groups is 1. The number of nitrogens with zero attached hydrogens (tertiary/aromatic N) is 3. The summed E-state index contributed by atoms with van der Waals surface area (Å²) in [6.07, 6.45) is -4.32. The molecule has 2 aliphatic heterocycles. The molecule has 254 valence electrons. The van der Waals surface area contributed by atoms with Crippen molar-refractivity contribution in [1.29, 1.82) is 0 Å². The SMILES string of the molecule is Cc1cn([C@H]2C[C@H](OP(=O)(OCc3ccc([N+](=O)[O-])cc3)OC[C@H]3O[C@@H](n4cc(C)c(=O)[nH]c4=O)C[C@@H]3O)[C@@H](CO)O2)c(=O)[nH]c1=O.